The van der Waals surface area contributed by atoms with Crippen LogP contribution >= 0.6 is 23.1 Å². The molecule has 0 aliphatic rings. The summed E-state index contributed by atoms with van der Waals surface area (Å²) in [5, 5.41) is 3.67. The Morgan fingerprint density at radius 2 is 2.35 bits per heavy atom. The first kappa shape index (κ1) is 12.1. The van der Waals surface area contributed by atoms with E-state index in [1.807, 2.05) is 5.38 Å². The highest BCUT2D eigenvalue weighted by molar-refractivity contribution is 7.98. The molecule has 0 unspecified atom stereocenters. The smallest absolute Gasteiger partial charge is 0.253 e. The summed E-state index contributed by atoms with van der Waals surface area (Å²) in [5.41, 5.74) is 6.27. The highest BCUT2D eigenvalue weighted by Gasteiger charge is 2.04. The third-order valence-corrected chi connectivity index (χ3v) is 3.95. The van der Waals surface area contributed by atoms with Crippen molar-refractivity contribution in [3.63, 3.8) is 0 Å². The van der Waals surface area contributed by atoms with Crippen LogP contribution in [0.25, 0.3) is 0 Å². The maximum Gasteiger partial charge on any atom is 0.253 e. The van der Waals surface area contributed by atoms with Gasteiger partial charge in [0.15, 0.2) is 5.16 Å². The highest BCUT2D eigenvalue weighted by Crippen LogP contribution is 2.20. The molecule has 0 bridgehead atoms. The Balaban J connectivity index is 2.04. The number of aromatic nitrogens is 3. The number of nitrogens with two attached hydrogens (primary N) is 1. The molecule has 3 N–H and O–H groups in total. The van der Waals surface area contributed by atoms with Crippen molar-refractivity contribution in [1.29, 1.82) is 0 Å². The first-order valence-electron chi connectivity index (χ1n) is 5.10. The molecular formula is C10H12N4OS2. The van der Waals surface area contributed by atoms with E-state index in [0.717, 1.165) is 17.1 Å². The van der Waals surface area contributed by atoms with E-state index in [0.29, 0.717) is 10.9 Å². The molecule has 2 rings (SSSR count). The summed E-state index contributed by atoms with van der Waals surface area (Å²) in [5.74, 6) is 0.923. The van der Waals surface area contributed by atoms with E-state index < -0.39 is 0 Å². The number of rotatable bonds is 4. The van der Waals surface area contributed by atoms with Crippen molar-refractivity contribution in [2.24, 2.45) is 0 Å². The van der Waals surface area contributed by atoms with Gasteiger partial charge in [-0.1, -0.05) is 18.7 Å². The summed E-state index contributed by atoms with van der Waals surface area (Å²) in [6.07, 6.45) is 0.947. The first-order valence-corrected chi connectivity index (χ1v) is 6.97. The van der Waals surface area contributed by atoms with Gasteiger partial charge in [-0.05, 0) is 6.42 Å². The molecule has 0 atom stereocenters. The zero-order valence-corrected chi connectivity index (χ0v) is 10.9. The summed E-state index contributed by atoms with van der Waals surface area (Å²) in [7, 11) is 0. The lowest BCUT2D eigenvalue weighted by Gasteiger charge is -1.99. The molecule has 2 aromatic rings. The van der Waals surface area contributed by atoms with Crippen LogP contribution in [0.3, 0.4) is 0 Å². The summed E-state index contributed by atoms with van der Waals surface area (Å²) in [4.78, 5) is 22.3. The second-order valence-corrected chi connectivity index (χ2v) is 5.26. The molecule has 17 heavy (non-hydrogen) atoms. The van der Waals surface area contributed by atoms with Crippen LogP contribution in [0.15, 0.2) is 21.4 Å². The van der Waals surface area contributed by atoms with Gasteiger partial charge in [-0.3, -0.25) is 4.79 Å². The quantitative estimate of drug-likeness (QED) is 0.650. The minimum atomic E-state index is -0.229. The highest BCUT2D eigenvalue weighted by atomic mass is 32.2. The van der Waals surface area contributed by atoms with Gasteiger partial charge in [-0.2, -0.15) is 0 Å². The molecule has 90 valence electrons. The van der Waals surface area contributed by atoms with E-state index in [1.165, 1.54) is 17.8 Å². The second kappa shape index (κ2) is 5.33. The van der Waals surface area contributed by atoms with Crippen LogP contribution in [0.5, 0.6) is 0 Å². The van der Waals surface area contributed by atoms with Crippen molar-refractivity contribution in [3.05, 3.63) is 32.5 Å². The van der Waals surface area contributed by atoms with E-state index >= 15 is 0 Å². The summed E-state index contributed by atoms with van der Waals surface area (Å²) >= 11 is 3.07. The monoisotopic (exact) mass is 268 g/mol. The lowest BCUT2D eigenvalue weighted by molar-refractivity contribution is 0.943. The molecule has 0 aliphatic heterocycles. The number of nitrogen functional groups attached to an aromatic ring is 1. The fraction of sp³-hybridized carbons (Fsp3) is 0.300. The van der Waals surface area contributed by atoms with Gasteiger partial charge in [0.05, 0.1) is 10.7 Å². The van der Waals surface area contributed by atoms with Gasteiger partial charge in [-0.25, -0.2) is 9.97 Å². The Kier molecular flexibility index (Phi) is 3.80. The molecule has 0 aromatic carbocycles. The number of hydrogen-bond donors (Lipinski definition) is 2. The number of thiazole rings is 1. The van der Waals surface area contributed by atoms with Gasteiger partial charge in [0.2, 0.25) is 0 Å². The topological polar surface area (TPSA) is 84.7 Å². The minimum Gasteiger partial charge on any atom is -0.383 e. The van der Waals surface area contributed by atoms with Gasteiger partial charge in [0.25, 0.3) is 5.56 Å². The zero-order valence-electron chi connectivity index (χ0n) is 9.27. The Labute approximate surface area is 107 Å². The van der Waals surface area contributed by atoms with Crippen molar-refractivity contribution >= 4 is 28.9 Å². The van der Waals surface area contributed by atoms with Crippen LogP contribution in [-0.2, 0) is 12.2 Å². The Morgan fingerprint density at radius 3 is 3.00 bits per heavy atom. The molecule has 2 heterocycles. The predicted octanol–water partition coefficient (Wildman–Crippen LogP) is 1.66. The van der Waals surface area contributed by atoms with Crippen molar-refractivity contribution in [2.75, 3.05) is 5.73 Å². The number of aromatic amines is 1. The van der Waals surface area contributed by atoms with Crippen LogP contribution in [-0.4, -0.2) is 15.0 Å². The lowest BCUT2D eigenvalue weighted by atomic mass is 10.5. The third kappa shape index (κ3) is 3.31. The lowest BCUT2D eigenvalue weighted by Crippen LogP contribution is -2.09. The molecule has 7 heteroatoms. The van der Waals surface area contributed by atoms with Gasteiger partial charge in [0.1, 0.15) is 5.82 Å². The van der Waals surface area contributed by atoms with Crippen molar-refractivity contribution in [2.45, 2.75) is 24.3 Å². The molecule has 0 aliphatic carbocycles. The van der Waals surface area contributed by atoms with Crippen LogP contribution in [0.2, 0.25) is 0 Å². The molecule has 0 amide bonds. The van der Waals surface area contributed by atoms with Crippen molar-refractivity contribution < 1.29 is 0 Å². The molecule has 2 aromatic heterocycles. The summed E-state index contributed by atoms with van der Waals surface area (Å²) in [6, 6.07) is 1.27. The number of thioether (sulfide) groups is 1. The Morgan fingerprint density at radius 1 is 1.53 bits per heavy atom. The fourth-order valence-electron chi connectivity index (χ4n) is 1.24. The predicted molar refractivity (Wildman–Crippen MR) is 70.3 cm³/mol. The van der Waals surface area contributed by atoms with Crippen molar-refractivity contribution in [3.8, 4) is 0 Å². The largest absolute Gasteiger partial charge is 0.383 e. The maximum absolute atomic E-state index is 11.2. The van der Waals surface area contributed by atoms with Gasteiger partial charge in [-0.15, -0.1) is 11.3 Å². The van der Waals surface area contributed by atoms with Gasteiger partial charge in [0, 0.05) is 17.2 Å². The molecule has 0 saturated heterocycles. The number of anilines is 1. The van der Waals surface area contributed by atoms with Crippen LogP contribution in [0.4, 0.5) is 5.82 Å². The first-order chi connectivity index (χ1) is 8.17. The standard InChI is InChI=1S/C10H12N4OS2/c1-2-9-12-6(4-16-9)5-17-10-13-7(11)3-8(15)14-10/h3-4H,2,5H2,1H3,(H3,11,13,14,15). The second-order valence-electron chi connectivity index (χ2n) is 3.35. The zero-order chi connectivity index (χ0) is 12.3. The molecule has 0 fully saturated rings. The Bertz CT molecular complexity index is 563. The normalized spacial score (nSPS) is 10.6. The number of nitrogens with zero attached hydrogens (tertiary/aromatic N) is 2. The van der Waals surface area contributed by atoms with Crippen LogP contribution in [0, 0.1) is 0 Å². The van der Waals surface area contributed by atoms with E-state index in [2.05, 4.69) is 21.9 Å². The minimum absolute atomic E-state index is 0.229. The number of aryl methyl sites for hydroxylation is 1. The molecule has 0 radical (unpaired) electrons. The van der Waals surface area contributed by atoms with E-state index in [4.69, 9.17) is 5.73 Å². The third-order valence-electron chi connectivity index (χ3n) is 2.00. The molecule has 5 nitrogen and oxygen atoms in total. The number of hydrogen-bond acceptors (Lipinski definition) is 6. The molecule has 0 saturated carbocycles. The number of H-pyrrole nitrogens is 1. The fourth-order valence-corrected chi connectivity index (χ4v) is 2.87. The van der Waals surface area contributed by atoms with Crippen LogP contribution < -0.4 is 11.3 Å². The average molecular weight is 268 g/mol. The van der Waals surface area contributed by atoms with Crippen LogP contribution in [0.1, 0.15) is 17.6 Å². The van der Waals surface area contributed by atoms with E-state index in [-0.39, 0.29) is 11.4 Å². The summed E-state index contributed by atoms with van der Waals surface area (Å²) < 4.78 is 0. The van der Waals surface area contributed by atoms with Gasteiger partial charge >= 0.3 is 0 Å². The average Bonchev–Trinajstić information content (AvgIpc) is 2.73. The van der Waals surface area contributed by atoms with Crippen molar-refractivity contribution in [1.82, 2.24) is 15.0 Å². The van der Waals surface area contributed by atoms with E-state index in [9.17, 15) is 4.79 Å². The summed E-state index contributed by atoms with van der Waals surface area (Å²) in [6.45, 7) is 2.08. The van der Waals surface area contributed by atoms with Gasteiger partial charge < -0.3 is 10.7 Å². The Hall–Kier alpha value is -1.34. The maximum atomic E-state index is 11.2. The SMILES string of the molecule is CCc1nc(CSc2nc(N)cc(=O)[nH]2)cs1. The molecular weight excluding hydrogens is 256 g/mol. The molecule has 0 spiro atoms. The number of nitrogens with one attached hydrogen (secondary N) is 1. The van der Waals surface area contributed by atoms with E-state index in [1.54, 1.807) is 11.3 Å².